The number of aryl methyl sites for hydroxylation is 1. The Morgan fingerprint density at radius 2 is 2.17 bits per heavy atom. The average molecular weight is 333 g/mol. The van der Waals surface area contributed by atoms with E-state index in [1.165, 1.54) is 0 Å². The molecule has 6 nitrogen and oxygen atoms in total. The molecule has 1 aromatic heterocycles. The number of hydrogen-bond donors (Lipinski definition) is 1. The number of aliphatic hydroxyl groups is 1. The van der Waals surface area contributed by atoms with Crippen LogP contribution in [0.1, 0.15) is 27.9 Å². The Morgan fingerprint density at radius 3 is 2.96 bits per heavy atom. The maximum atomic E-state index is 10.6. The number of hydrogen-bond acceptors (Lipinski definition) is 7. The van der Waals surface area contributed by atoms with Crippen molar-refractivity contribution in [1.82, 2.24) is 15.1 Å². The summed E-state index contributed by atoms with van der Waals surface area (Å²) in [6.07, 6.45) is 0.525. The van der Waals surface area contributed by atoms with Crippen molar-refractivity contribution in [2.24, 2.45) is 0 Å². The summed E-state index contributed by atoms with van der Waals surface area (Å²) in [7, 11) is 0. The molecule has 23 heavy (non-hydrogen) atoms. The molecule has 0 radical (unpaired) electrons. The van der Waals surface area contributed by atoms with Crippen LogP contribution in [0.2, 0.25) is 0 Å². The molecular formula is C16H19N3O3S. The fraction of sp³-hybridized carbons (Fsp3) is 0.500. The highest BCUT2D eigenvalue weighted by Gasteiger charge is 2.30. The third-order valence-electron chi connectivity index (χ3n) is 4.42. The predicted molar refractivity (Wildman–Crippen MR) is 85.9 cm³/mol. The van der Waals surface area contributed by atoms with Gasteiger partial charge >= 0.3 is 0 Å². The molecule has 0 bridgehead atoms. The molecule has 2 aliphatic rings. The Kier molecular flexibility index (Phi) is 3.92. The molecule has 0 aliphatic carbocycles. The van der Waals surface area contributed by atoms with Crippen molar-refractivity contribution < 1.29 is 14.6 Å². The van der Waals surface area contributed by atoms with Crippen molar-refractivity contribution in [2.75, 3.05) is 19.9 Å². The average Bonchev–Trinajstić information content (AvgIpc) is 3.15. The minimum absolute atomic E-state index is 0.136. The van der Waals surface area contributed by atoms with E-state index in [9.17, 15) is 5.11 Å². The second-order valence-corrected chi connectivity index (χ2v) is 7.29. The fourth-order valence-corrected chi connectivity index (χ4v) is 4.02. The van der Waals surface area contributed by atoms with E-state index in [1.54, 1.807) is 11.3 Å². The van der Waals surface area contributed by atoms with Gasteiger partial charge in [0, 0.05) is 12.5 Å². The standard InChI is InChI=1S/C16H19N3O3S/c1-10-17-18-16(23-10)8-19-5-4-12(13(20)7-19)11-2-3-14-15(6-11)22-9-21-14/h2-3,6,12-13,20H,4-5,7-9H2,1H3/t12-,13+/m0/s1. The van der Waals surface area contributed by atoms with Crippen LogP contribution in [0.15, 0.2) is 18.2 Å². The number of likely N-dealkylation sites (tertiary alicyclic amines) is 1. The van der Waals surface area contributed by atoms with Gasteiger partial charge in [-0.1, -0.05) is 6.07 Å². The molecule has 1 saturated heterocycles. The molecule has 1 aromatic carbocycles. The summed E-state index contributed by atoms with van der Waals surface area (Å²) in [5.74, 6) is 1.70. The van der Waals surface area contributed by atoms with Crippen LogP contribution in [0.4, 0.5) is 0 Å². The van der Waals surface area contributed by atoms with E-state index in [1.807, 2.05) is 25.1 Å². The van der Waals surface area contributed by atoms with E-state index in [0.717, 1.165) is 46.6 Å². The Bertz CT molecular complexity index is 706. The van der Waals surface area contributed by atoms with Crippen molar-refractivity contribution in [3.8, 4) is 11.5 Å². The minimum atomic E-state index is -0.391. The molecule has 1 N–H and O–H groups in total. The van der Waals surface area contributed by atoms with Gasteiger partial charge in [-0.05, 0) is 37.6 Å². The first-order chi connectivity index (χ1) is 11.2. The highest BCUT2D eigenvalue weighted by atomic mass is 32.1. The van der Waals surface area contributed by atoms with Crippen LogP contribution in [-0.2, 0) is 6.54 Å². The van der Waals surface area contributed by atoms with E-state index >= 15 is 0 Å². The number of fused-ring (bicyclic) bond motifs is 1. The normalized spacial score (nSPS) is 24.1. The number of nitrogens with zero attached hydrogens (tertiary/aromatic N) is 3. The van der Waals surface area contributed by atoms with E-state index in [-0.39, 0.29) is 12.7 Å². The second kappa shape index (κ2) is 6.07. The van der Waals surface area contributed by atoms with Crippen molar-refractivity contribution in [3.63, 3.8) is 0 Å². The summed E-state index contributed by atoms with van der Waals surface area (Å²) in [6.45, 7) is 4.59. The molecule has 4 rings (SSSR count). The number of ether oxygens (including phenoxy) is 2. The molecule has 2 atom stereocenters. The molecule has 122 valence electrons. The highest BCUT2D eigenvalue weighted by Crippen LogP contribution is 2.37. The Labute approximate surface area is 138 Å². The summed E-state index contributed by atoms with van der Waals surface area (Å²) < 4.78 is 10.8. The maximum Gasteiger partial charge on any atom is 0.231 e. The smallest absolute Gasteiger partial charge is 0.231 e. The molecule has 0 saturated carbocycles. The van der Waals surface area contributed by atoms with Crippen LogP contribution in [0.5, 0.6) is 11.5 Å². The SMILES string of the molecule is Cc1nnc(CN2CC[C@@H](c3ccc4c(c3)OCO4)[C@H](O)C2)s1. The van der Waals surface area contributed by atoms with Crippen LogP contribution < -0.4 is 9.47 Å². The zero-order chi connectivity index (χ0) is 15.8. The first-order valence-electron chi connectivity index (χ1n) is 7.78. The lowest BCUT2D eigenvalue weighted by molar-refractivity contribution is 0.0475. The van der Waals surface area contributed by atoms with Gasteiger partial charge in [0.25, 0.3) is 0 Å². The Balaban J connectivity index is 1.43. The monoisotopic (exact) mass is 333 g/mol. The summed E-state index contributed by atoms with van der Waals surface area (Å²) >= 11 is 1.62. The number of aromatic nitrogens is 2. The van der Waals surface area contributed by atoms with Gasteiger partial charge in [0.1, 0.15) is 10.0 Å². The largest absolute Gasteiger partial charge is 0.454 e. The van der Waals surface area contributed by atoms with Gasteiger partial charge in [0.05, 0.1) is 12.6 Å². The van der Waals surface area contributed by atoms with E-state index in [4.69, 9.17) is 9.47 Å². The van der Waals surface area contributed by atoms with Crippen molar-refractivity contribution in [1.29, 1.82) is 0 Å². The van der Waals surface area contributed by atoms with Crippen LogP contribution in [0.25, 0.3) is 0 Å². The maximum absolute atomic E-state index is 10.6. The van der Waals surface area contributed by atoms with Crippen LogP contribution in [0, 0.1) is 6.92 Å². The zero-order valence-corrected chi connectivity index (χ0v) is 13.8. The number of rotatable bonds is 3. The Morgan fingerprint density at radius 1 is 1.30 bits per heavy atom. The molecular weight excluding hydrogens is 314 g/mol. The molecule has 1 fully saturated rings. The van der Waals surface area contributed by atoms with Gasteiger partial charge in [0.2, 0.25) is 6.79 Å². The third-order valence-corrected chi connectivity index (χ3v) is 5.24. The quantitative estimate of drug-likeness (QED) is 0.926. The Hall–Kier alpha value is -1.70. The first-order valence-corrected chi connectivity index (χ1v) is 8.59. The van der Waals surface area contributed by atoms with Gasteiger partial charge in [-0.25, -0.2) is 0 Å². The zero-order valence-electron chi connectivity index (χ0n) is 12.9. The first kappa shape index (κ1) is 14.9. The lowest BCUT2D eigenvalue weighted by Crippen LogP contribution is -2.42. The number of benzene rings is 1. The van der Waals surface area contributed by atoms with E-state index < -0.39 is 6.10 Å². The van der Waals surface area contributed by atoms with Gasteiger partial charge in [0.15, 0.2) is 11.5 Å². The van der Waals surface area contributed by atoms with Crippen molar-refractivity contribution in [3.05, 3.63) is 33.8 Å². The second-order valence-electron chi connectivity index (χ2n) is 6.03. The highest BCUT2D eigenvalue weighted by molar-refractivity contribution is 7.11. The predicted octanol–water partition coefficient (Wildman–Crippen LogP) is 1.93. The van der Waals surface area contributed by atoms with Gasteiger partial charge in [-0.3, -0.25) is 4.90 Å². The third kappa shape index (κ3) is 3.04. The van der Waals surface area contributed by atoms with Gasteiger partial charge < -0.3 is 14.6 Å². The fourth-order valence-electron chi connectivity index (χ4n) is 3.27. The molecule has 0 amide bonds. The number of β-amino-alcohol motifs (C(OH)–C–C–N with tert-alkyl or cyclic N) is 1. The summed E-state index contributed by atoms with van der Waals surface area (Å²) in [6, 6.07) is 5.96. The molecule has 0 unspecified atom stereocenters. The van der Waals surface area contributed by atoms with Crippen LogP contribution in [0.3, 0.4) is 0 Å². The number of aliphatic hydroxyl groups excluding tert-OH is 1. The lowest BCUT2D eigenvalue weighted by Gasteiger charge is -2.35. The van der Waals surface area contributed by atoms with Gasteiger partial charge in [-0.15, -0.1) is 21.5 Å². The van der Waals surface area contributed by atoms with E-state index in [2.05, 4.69) is 15.1 Å². The summed E-state index contributed by atoms with van der Waals surface area (Å²) in [5.41, 5.74) is 1.12. The lowest BCUT2D eigenvalue weighted by atomic mass is 9.87. The van der Waals surface area contributed by atoms with E-state index in [0.29, 0.717) is 6.54 Å². The number of piperidine rings is 1. The van der Waals surface area contributed by atoms with Crippen LogP contribution >= 0.6 is 11.3 Å². The molecule has 2 aromatic rings. The summed E-state index contributed by atoms with van der Waals surface area (Å²) in [5, 5.41) is 20.8. The molecule has 2 aliphatic heterocycles. The molecule has 3 heterocycles. The van der Waals surface area contributed by atoms with Crippen molar-refractivity contribution in [2.45, 2.75) is 31.9 Å². The van der Waals surface area contributed by atoms with Crippen molar-refractivity contribution >= 4 is 11.3 Å². The van der Waals surface area contributed by atoms with Gasteiger partial charge in [-0.2, -0.15) is 0 Å². The molecule has 0 spiro atoms. The minimum Gasteiger partial charge on any atom is -0.454 e. The molecule has 7 heteroatoms. The topological polar surface area (TPSA) is 67.7 Å². The summed E-state index contributed by atoms with van der Waals surface area (Å²) in [4.78, 5) is 2.24. The van der Waals surface area contributed by atoms with Crippen LogP contribution in [-0.4, -0.2) is 46.2 Å².